The molecule has 2 N–H and O–H groups in total. The van der Waals surface area contributed by atoms with E-state index in [1.165, 1.54) is 6.92 Å². The van der Waals surface area contributed by atoms with Gasteiger partial charge < -0.3 is 0 Å². The topological polar surface area (TPSA) is 75.0 Å². The summed E-state index contributed by atoms with van der Waals surface area (Å²) in [5, 5.41) is 0. The largest absolute Gasteiger partial charge is 0.275 e. The van der Waals surface area contributed by atoms with E-state index < -0.39 is 0 Å². The normalized spacial score (nSPS) is 9.90. The van der Waals surface area contributed by atoms with E-state index in [2.05, 4.69) is 15.8 Å². The van der Waals surface area contributed by atoms with E-state index in [1.54, 1.807) is 18.5 Å². The maximum Gasteiger partial charge on any atom is 0.275 e. The Labute approximate surface area is 116 Å². The molecule has 20 heavy (non-hydrogen) atoms. The molecule has 0 saturated carbocycles. The molecule has 6 nitrogen and oxygen atoms in total. The van der Waals surface area contributed by atoms with Crippen LogP contribution in [0.2, 0.25) is 0 Å². The van der Waals surface area contributed by atoms with Crippen LogP contribution in [0.25, 0.3) is 11.4 Å². The van der Waals surface area contributed by atoms with Crippen LogP contribution < -0.4 is 15.4 Å². The first-order valence-electron chi connectivity index (χ1n) is 6.06. The Balaban J connectivity index is 2.22. The van der Waals surface area contributed by atoms with Gasteiger partial charge in [-0.3, -0.25) is 20.4 Å². The Bertz CT molecular complexity index is 641. The zero-order valence-electron chi connectivity index (χ0n) is 11.3. The zero-order valence-corrected chi connectivity index (χ0v) is 11.3. The number of aromatic nitrogens is 2. The molecule has 0 atom stereocenters. The summed E-state index contributed by atoms with van der Waals surface area (Å²) in [7, 11) is 1.83. The SMILES string of the molecule is CC(=O)NNC(=O)c1ccc(-c2ccccn2)[n+](C)c1. The van der Waals surface area contributed by atoms with Crippen LogP contribution >= 0.6 is 0 Å². The maximum absolute atomic E-state index is 11.8. The average molecular weight is 271 g/mol. The van der Waals surface area contributed by atoms with Gasteiger partial charge in [0.05, 0.1) is 0 Å². The molecule has 0 unspecified atom stereocenters. The fourth-order valence-electron chi connectivity index (χ4n) is 1.74. The molecule has 0 aliphatic heterocycles. The highest BCUT2D eigenvalue weighted by molar-refractivity contribution is 5.94. The number of carbonyl (C=O) groups excluding carboxylic acids is 2. The number of hydrazine groups is 1. The molecule has 0 bridgehead atoms. The van der Waals surface area contributed by atoms with Crippen LogP contribution in [0, 0.1) is 0 Å². The van der Waals surface area contributed by atoms with E-state index in [9.17, 15) is 9.59 Å². The van der Waals surface area contributed by atoms with Gasteiger partial charge in [0.1, 0.15) is 18.3 Å². The molecule has 2 heterocycles. The van der Waals surface area contributed by atoms with Crippen LogP contribution in [0.1, 0.15) is 17.3 Å². The lowest BCUT2D eigenvalue weighted by Crippen LogP contribution is -2.41. The highest BCUT2D eigenvalue weighted by atomic mass is 16.2. The first-order chi connectivity index (χ1) is 9.58. The third kappa shape index (κ3) is 3.17. The summed E-state index contributed by atoms with van der Waals surface area (Å²) in [5.41, 5.74) is 6.73. The van der Waals surface area contributed by atoms with E-state index >= 15 is 0 Å². The second-order valence-corrected chi connectivity index (χ2v) is 4.26. The fraction of sp³-hybridized carbons (Fsp3) is 0.143. The highest BCUT2D eigenvalue weighted by Crippen LogP contribution is 2.11. The molecule has 0 aromatic carbocycles. The first-order valence-corrected chi connectivity index (χ1v) is 6.06. The van der Waals surface area contributed by atoms with Crippen molar-refractivity contribution in [3.05, 3.63) is 48.3 Å². The van der Waals surface area contributed by atoms with Crippen molar-refractivity contribution in [1.29, 1.82) is 0 Å². The molecule has 2 aromatic heterocycles. The Morgan fingerprint density at radius 3 is 2.55 bits per heavy atom. The molecule has 0 fully saturated rings. The van der Waals surface area contributed by atoms with Gasteiger partial charge in [-0.1, -0.05) is 6.07 Å². The van der Waals surface area contributed by atoms with Gasteiger partial charge in [-0.05, 0) is 18.2 Å². The van der Waals surface area contributed by atoms with Crippen LogP contribution in [0.3, 0.4) is 0 Å². The molecule has 2 rings (SSSR count). The van der Waals surface area contributed by atoms with Crippen LogP contribution in [0.4, 0.5) is 0 Å². The third-order valence-corrected chi connectivity index (χ3v) is 2.68. The number of amides is 2. The first kappa shape index (κ1) is 13.7. The molecular weight excluding hydrogens is 256 g/mol. The molecule has 0 saturated heterocycles. The maximum atomic E-state index is 11.8. The van der Waals surface area contributed by atoms with Gasteiger partial charge in [-0.15, -0.1) is 0 Å². The summed E-state index contributed by atoms with van der Waals surface area (Å²) >= 11 is 0. The minimum absolute atomic E-state index is 0.326. The smallest absolute Gasteiger partial charge is 0.274 e. The van der Waals surface area contributed by atoms with Crippen molar-refractivity contribution < 1.29 is 14.2 Å². The van der Waals surface area contributed by atoms with Crippen LogP contribution in [0.15, 0.2) is 42.7 Å². The van der Waals surface area contributed by atoms with E-state index in [1.807, 2.05) is 35.9 Å². The van der Waals surface area contributed by atoms with Gasteiger partial charge in [0.15, 0.2) is 6.20 Å². The summed E-state index contributed by atoms with van der Waals surface area (Å²) in [6, 6.07) is 9.14. The van der Waals surface area contributed by atoms with Crippen molar-refractivity contribution >= 4 is 11.8 Å². The number of aryl methyl sites for hydroxylation is 1. The van der Waals surface area contributed by atoms with Gasteiger partial charge in [-0.2, -0.15) is 4.57 Å². The minimum atomic E-state index is -0.372. The molecule has 102 valence electrons. The van der Waals surface area contributed by atoms with E-state index in [0.29, 0.717) is 5.56 Å². The molecule has 2 amide bonds. The van der Waals surface area contributed by atoms with Gasteiger partial charge in [0, 0.05) is 19.2 Å². The summed E-state index contributed by atoms with van der Waals surface area (Å²) in [5.74, 6) is -0.698. The number of rotatable bonds is 2. The molecule has 6 heteroatoms. The predicted molar refractivity (Wildman–Crippen MR) is 72.1 cm³/mol. The Kier molecular flexibility index (Phi) is 4.05. The molecule has 0 spiro atoms. The monoisotopic (exact) mass is 271 g/mol. The Hall–Kier alpha value is -2.76. The Morgan fingerprint density at radius 2 is 1.95 bits per heavy atom. The van der Waals surface area contributed by atoms with E-state index in [4.69, 9.17) is 0 Å². The number of nitrogens with one attached hydrogen (secondary N) is 2. The predicted octanol–water partition coefficient (Wildman–Crippen LogP) is 0.354. The van der Waals surface area contributed by atoms with E-state index in [0.717, 1.165) is 11.4 Å². The zero-order chi connectivity index (χ0) is 14.5. The lowest BCUT2D eigenvalue weighted by Gasteiger charge is -2.05. The van der Waals surface area contributed by atoms with Crippen molar-refractivity contribution in [2.24, 2.45) is 7.05 Å². The second-order valence-electron chi connectivity index (χ2n) is 4.26. The fourth-order valence-corrected chi connectivity index (χ4v) is 1.74. The second kappa shape index (κ2) is 5.92. The highest BCUT2D eigenvalue weighted by Gasteiger charge is 2.15. The molecule has 2 aromatic rings. The van der Waals surface area contributed by atoms with Crippen molar-refractivity contribution in [3.63, 3.8) is 0 Å². The Morgan fingerprint density at radius 1 is 1.15 bits per heavy atom. The van der Waals surface area contributed by atoms with Crippen molar-refractivity contribution in [2.75, 3.05) is 0 Å². The van der Waals surface area contributed by atoms with Crippen LogP contribution in [-0.2, 0) is 11.8 Å². The summed E-state index contributed by atoms with van der Waals surface area (Å²) in [6.07, 6.45) is 3.40. The summed E-state index contributed by atoms with van der Waals surface area (Å²) in [6.45, 7) is 1.32. The molecule has 0 radical (unpaired) electrons. The number of nitrogens with zero attached hydrogens (tertiary/aromatic N) is 2. The number of pyridine rings is 2. The standard InChI is InChI=1S/C14H14N4O2/c1-10(19)16-17-14(20)11-6-7-13(18(2)9-11)12-5-3-4-8-15-12/h3-9,15H,1-2H3/p+1. The lowest BCUT2D eigenvalue weighted by atomic mass is 10.2. The third-order valence-electron chi connectivity index (χ3n) is 2.68. The van der Waals surface area contributed by atoms with E-state index in [-0.39, 0.29) is 11.8 Å². The van der Waals surface area contributed by atoms with Gasteiger partial charge in [0.25, 0.3) is 5.91 Å². The number of hydrogen-bond acceptors (Lipinski definition) is 3. The molecular formula is C14H15N4O2+. The average Bonchev–Trinajstić information content (AvgIpc) is 2.45. The quantitative estimate of drug-likeness (QED) is 0.611. The van der Waals surface area contributed by atoms with Gasteiger partial charge >= 0.3 is 0 Å². The van der Waals surface area contributed by atoms with Crippen LogP contribution in [0.5, 0.6) is 0 Å². The van der Waals surface area contributed by atoms with Crippen molar-refractivity contribution in [3.8, 4) is 11.4 Å². The summed E-state index contributed by atoms with van der Waals surface area (Å²) < 4.78 is 1.81. The molecule has 0 aliphatic carbocycles. The number of carbonyl (C=O) groups is 2. The minimum Gasteiger partial charge on any atom is -0.274 e. The summed E-state index contributed by atoms with van der Waals surface area (Å²) in [4.78, 5) is 26.8. The molecule has 0 aliphatic rings. The van der Waals surface area contributed by atoms with Gasteiger partial charge in [-0.25, -0.2) is 4.98 Å². The van der Waals surface area contributed by atoms with Crippen LogP contribution in [-0.4, -0.2) is 16.8 Å². The van der Waals surface area contributed by atoms with Gasteiger partial charge in [0.2, 0.25) is 11.6 Å². The van der Waals surface area contributed by atoms with Crippen molar-refractivity contribution in [1.82, 2.24) is 15.8 Å². The lowest BCUT2D eigenvalue weighted by molar-refractivity contribution is -0.660. The number of hydrogen-bond donors (Lipinski definition) is 2. The van der Waals surface area contributed by atoms with Crippen molar-refractivity contribution in [2.45, 2.75) is 6.92 Å².